The zero-order valence-corrected chi connectivity index (χ0v) is 16.2. The van der Waals surface area contributed by atoms with Crippen LogP contribution in [0.2, 0.25) is 0 Å². The van der Waals surface area contributed by atoms with Gasteiger partial charge in [-0.05, 0) is 53.5 Å². The van der Waals surface area contributed by atoms with E-state index >= 15 is 0 Å². The summed E-state index contributed by atoms with van der Waals surface area (Å²) in [5.41, 5.74) is 2.35. The highest BCUT2D eigenvalue weighted by Crippen LogP contribution is 2.19. The number of hydrogen-bond acceptors (Lipinski definition) is 2. The van der Waals surface area contributed by atoms with Gasteiger partial charge in [0.05, 0.1) is 5.69 Å². The third-order valence-electron chi connectivity index (χ3n) is 3.45. The molecule has 130 valence electrons. The van der Waals surface area contributed by atoms with E-state index in [2.05, 4.69) is 40.4 Å². The van der Waals surface area contributed by atoms with Gasteiger partial charge in [-0.3, -0.25) is 10.1 Å². The maximum absolute atomic E-state index is 13.7. The molecule has 0 aliphatic rings. The molecule has 0 bridgehead atoms. The van der Waals surface area contributed by atoms with E-state index in [-0.39, 0.29) is 16.7 Å². The topological polar surface area (TPSA) is 41.1 Å². The van der Waals surface area contributed by atoms with Crippen molar-refractivity contribution >= 4 is 50.9 Å². The molecule has 0 radical (unpaired) electrons. The molecule has 0 aliphatic heterocycles. The first kappa shape index (κ1) is 19.3. The van der Waals surface area contributed by atoms with Gasteiger partial charge < -0.3 is 5.32 Å². The lowest BCUT2D eigenvalue weighted by atomic mass is 10.0. The van der Waals surface area contributed by atoms with Gasteiger partial charge in [-0.15, -0.1) is 0 Å². The van der Waals surface area contributed by atoms with E-state index in [9.17, 15) is 9.18 Å². The zero-order chi connectivity index (χ0) is 18.4. The van der Waals surface area contributed by atoms with E-state index in [1.165, 1.54) is 23.8 Å². The summed E-state index contributed by atoms with van der Waals surface area (Å²) in [5, 5.41) is 5.18. The molecule has 2 rings (SSSR count). The number of thiocarbonyl (C=S) groups is 1. The number of carbonyl (C=O) groups excluding carboxylic acids is 1. The molecule has 0 fully saturated rings. The van der Waals surface area contributed by atoms with Gasteiger partial charge in [-0.2, -0.15) is 0 Å². The van der Waals surface area contributed by atoms with Crippen LogP contribution in [0.1, 0.15) is 30.9 Å². The van der Waals surface area contributed by atoms with Gasteiger partial charge >= 0.3 is 0 Å². The molecule has 0 saturated carbocycles. The molecule has 0 aliphatic carbocycles. The first-order valence-corrected chi connectivity index (χ1v) is 8.90. The SMILES string of the molecule is CC(C)c1ccc(/C=C/C(=O)NC(=S)Nc2ccc(Br)cc2F)cc1. The van der Waals surface area contributed by atoms with E-state index in [1.807, 2.05) is 24.3 Å². The van der Waals surface area contributed by atoms with Crippen molar-refractivity contribution in [3.05, 3.63) is 70.0 Å². The summed E-state index contributed by atoms with van der Waals surface area (Å²) in [4.78, 5) is 11.9. The number of nitrogens with one attached hydrogen (secondary N) is 2. The average Bonchev–Trinajstić information content (AvgIpc) is 2.56. The number of benzene rings is 2. The summed E-state index contributed by atoms with van der Waals surface area (Å²) in [7, 11) is 0. The largest absolute Gasteiger partial charge is 0.330 e. The van der Waals surface area contributed by atoms with Crippen LogP contribution in [-0.2, 0) is 4.79 Å². The summed E-state index contributed by atoms with van der Waals surface area (Å²) in [6.07, 6.45) is 3.08. The molecule has 0 heterocycles. The minimum Gasteiger partial charge on any atom is -0.330 e. The second-order valence-electron chi connectivity index (χ2n) is 5.72. The van der Waals surface area contributed by atoms with Gasteiger partial charge in [0.15, 0.2) is 5.11 Å². The summed E-state index contributed by atoms with van der Waals surface area (Å²) >= 11 is 8.20. The fourth-order valence-electron chi connectivity index (χ4n) is 2.06. The predicted octanol–water partition coefficient (Wildman–Crippen LogP) is 5.24. The van der Waals surface area contributed by atoms with Crippen LogP contribution in [0.3, 0.4) is 0 Å². The van der Waals surface area contributed by atoms with Crippen molar-refractivity contribution in [2.45, 2.75) is 19.8 Å². The van der Waals surface area contributed by atoms with Crippen LogP contribution in [-0.4, -0.2) is 11.0 Å². The number of halogens is 2. The Kier molecular flexibility index (Phi) is 6.84. The van der Waals surface area contributed by atoms with Crippen LogP contribution < -0.4 is 10.6 Å². The fourth-order valence-corrected chi connectivity index (χ4v) is 2.61. The standard InChI is InChI=1S/C19H18BrFN2OS/c1-12(2)14-6-3-13(4-7-14)5-10-18(24)23-19(25)22-17-9-8-15(20)11-16(17)21/h3-12H,1-2H3,(H2,22,23,24,25)/b10-5+. The number of carbonyl (C=O) groups is 1. The van der Waals surface area contributed by atoms with Crippen molar-refractivity contribution in [2.24, 2.45) is 0 Å². The van der Waals surface area contributed by atoms with Crippen molar-refractivity contribution in [1.29, 1.82) is 0 Å². The summed E-state index contributed by atoms with van der Waals surface area (Å²) in [5.74, 6) is -0.390. The van der Waals surface area contributed by atoms with Crippen LogP contribution in [0.25, 0.3) is 6.08 Å². The van der Waals surface area contributed by atoms with E-state index in [0.717, 1.165) is 5.56 Å². The van der Waals surface area contributed by atoms with Crippen molar-refractivity contribution in [3.63, 3.8) is 0 Å². The minimum absolute atomic E-state index is 0.0334. The molecule has 0 aromatic heterocycles. The van der Waals surface area contributed by atoms with Gasteiger partial charge in [0, 0.05) is 10.5 Å². The first-order chi connectivity index (χ1) is 11.8. The van der Waals surface area contributed by atoms with E-state index in [4.69, 9.17) is 12.2 Å². The lowest BCUT2D eigenvalue weighted by molar-refractivity contribution is -0.115. The molecule has 2 N–H and O–H groups in total. The lowest BCUT2D eigenvalue weighted by Gasteiger charge is -2.09. The van der Waals surface area contributed by atoms with E-state index < -0.39 is 5.82 Å². The lowest BCUT2D eigenvalue weighted by Crippen LogP contribution is -2.33. The van der Waals surface area contributed by atoms with Crippen LogP contribution in [0.15, 0.2) is 53.0 Å². The van der Waals surface area contributed by atoms with Crippen molar-refractivity contribution in [3.8, 4) is 0 Å². The molecule has 0 saturated heterocycles. The predicted molar refractivity (Wildman–Crippen MR) is 108 cm³/mol. The maximum Gasteiger partial charge on any atom is 0.250 e. The highest BCUT2D eigenvalue weighted by Gasteiger charge is 2.06. The molecule has 6 heteroatoms. The van der Waals surface area contributed by atoms with E-state index in [0.29, 0.717) is 10.4 Å². The van der Waals surface area contributed by atoms with E-state index in [1.54, 1.807) is 12.1 Å². The molecule has 3 nitrogen and oxygen atoms in total. The minimum atomic E-state index is -0.466. The first-order valence-electron chi connectivity index (χ1n) is 7.70. The molecule has 0 atom stereocenters. The molecule has 2 aromatic carbocycles. The van der Waals surface area contributed by atoms with Crippen molar-refractivity contribution in [2.75, 3.05) is 5.32 Å². The zero-order valence-electron chi connectivity index (χ0n) is 13.8. The Bertz CT molecular complexity index is 804. The van der Waals surface area contributed by atoms with Gasteiger partial charge in [0.25, 0.3) is 0 Å². The molecule has 0 unspecified atom stereocenters. The van der Waals surface area contributed by atoms with Crippen molar-refractivity contribution < 1.29 is 9.18 Å². The van der Waals surface area contributed by atoms with Gasteiger partial charge in [-0.25, -0.2) is 4.39 Å². The maximum atomic E-state index is 13.7. The molecular weight excluding hydrogens is 403 g/mol. The summed E-state index contributed by atoms with van der Waals surface area (Å²) < 4.78 is 14.4. The van der Waals surface area contributed by atoms with Gasteiger partial charge in [-0.1, -0.05) is 54.0 Å². The second kappa shape index (κ2) is 8.87. The van der Waals surface area contributed by atoms with Crippen molar-refractivity contribution in [1.82, 2.24) is 5.32 Å². The third kappa shape index (κ3) is 6.07. The quantitative estimate of drug-likeness (QED) is 0.524. The van der Waals surface area contributed by atoms with Crippen LogP contribution in [0, 0.1) is 5.82 Å². The molecule has 0 spiro atoms. The monoisotopic (exact) mass is 420 g/mol. The third-order valence-corrected chi connectivity index (χ3v) is 4.14. The molecular formula is C19H18BrFN2OS. The molecule has 1 amide bonds. The van der Waals surface area contributed by atoms with Crippen LogP contribution in [0.4, 0.5) is 10.1 Å². The Hall–Kier alpha value is -2.05. The normalized spacial score (nSPS) is 10.9. The Morgan fingerprint density at radius 2 is 1.88 bits per heavy atom. The Balaban J connectivity index is 1.91. The Morgan fingerprint density at radius 3 is 2.48 bits per heavy atom. The Morgan fingerprint density at radius 1 is 1.20 bits per heavy atom. The number of rotatable bonds is 4. The Labute approximate surface area is 160 Å². The van der Waals surface area contributed by atoms with Gasteiger partial charge in [0.2, 0.25) is 5.91 Å². The number of anilines is 1. The molecule has 25 heavy (non-hydrogen) atoms. The average molecular weight is 421 g/mol. The van der Waals surface area contributed by atoms with Crippen LogP contribution >= 0.6 is 28.1 Å². The number of hydrogen-bond donors (Lipinski definition) is 2. The summed E-state index contributed by atoms with van der Waals surface area (Å²) in [6.45, 7) is 4.25. The summed E-state index contributed by atoms with van der Waals surface area (Å²) in [6, 6.07) is 12.5. The fraction of sp³-hybridized carbons (Fsp3) is 0.158. The molecule has 2 aromatic rings. The number of amides is 1. The second-order valence-corrected chi connectivity index (χ2v) is 7.05. The van der Waals surface area contributed by atoms with Crippen LogP contribution in [0.5, 0.6) is 0 Å². The van der Waals surface area contributed by atoms with Gasteiger partial charge in [0.1, 0.15) is 5.82 Å². The smallest absolute Gasteiger partial charge is 0.250 e. The highest BCUT2D eigenvalue weighted by molar-refractivity contribution is 9.10. The highest BCUT2D eigenvalue weighted by atomic mass is 79.9.